The molecule has 1 rings (SSSR count). The van der Waals surface area contributed by atoms with Gasteiger partial charge in [0.2, 0.25) is 5.91 Å². The summed E-state index contributed by atoms with van der Waals surface area (Å²) in [6.07, 6.45) is -4.78. The first-order valence-electron chi connectivity index (χ1n) is 6.45. The number of rotatable bonds is 4. The summed E-state index contributed by atoms with van der Waals surface area (Å²) >= 11 is 0. The monoisotopic (exact) mass is 297 g/mol. The van der Waals surface area contributed by atoms with Gasteiger partial charge in [0, 0.05) is 25.2 Å². The highest BCUT2D eigenvalue weighted by molar-refractivity contribution is 5.86. The van der Waals surface area contributed by atoms with Gasteiger partial charge in [0.15, 0.2) is 5.54 Å². The van der Waals surface area contributed by atoms with E-state index in [1.54, 1.807) is 0 Å². The van der Waals surface area contributed by atoms with E-state index in [9.17, 15) is 18.0 Å². The summed E-state index contributed by atoms with van der Waals surface area (Å²) in [7, 11) is 0. The number of nitrogens with one attached hydrogen (secondary N) is 1. The van der Waals surface area contributed by atoms with E-state index in [1.165, 1.54) is 0 Å². The van der Waals surface area contributed by atoms with Gasteiger partial charge in [-0.05, 0) is 20.8 Å². The van der Waals surface area contributed by atoms with Gasteiger partial charge in [0.25, 0.3) is 0 Å². The van der Waals surface area contributed by atoms with Crippen LogP contribution < -0.4 is 11.1 Å². The molecule has 1 amide bonds. The van der Waals surface area contributed by atoms with Gasteiger partial charge in [-0.1, -0.05) is 0 Å². The van der Waals surface area contributed by atoms with Gasteiger partial charge in [0.1, 0.15) is 0 Å². The maximum Gasteiger partial charge on any atom is 0.415 e. The number of carbonyl (C=O) groups is 1. The van der Waals surface area contributed by atoms with E-state index in [4.69, 9.17) is 10.5 Å². The minimum absolute atomic E-state index is 0.0920. The first-order valence-corrected chi connectivity index (χ1v) is 6.45. The number of nitrogens with two attached hydrogens (primary N) is 1. The maximum absolute atomic E-state index is 12.6. The number of morpholine rings is 1. The molecule has 5 nitrogen and oxygen atoms in total. The molecule has 1 aliphatic rings. The van der Waals surface area contributed by atoms with E-state index in [1.807, 2.05) is 13.8 Å². The van der Waals surface area contributed by atoms with Gasteiger partial charge >= 0.3 is 6.18 Å². The van der Waals surface area contributed by atoms with Gasteiger partial charge in [-0.15, -0.1) is 0 Å². The molecule has 1 saturated heterocycles. The van der Waals surface area contributed by atoms with Crippen molar-refractivity contribution in [3.05, 3.63) is 0 Å². The molecule has 0 radical (unpaired) electrons. The van der Waals surface area contributed by atoms with Gasteiger partial charge in [-0.25, -0.2) is 0 Å². The summed E-state index contributed by atoms with van der Waals surface area (Å²) < 4.78 is 43.2. The highest BCUT2D eigenvalue weighted by atomic mass is 19.4. The third-order valence-corrected chi connectivity index (χ3v) is 3.61. The Labute approximate surface area is 116 Å². The molecule has 0 saturated carbocycles. The quantitative estimate of drug-likeness (QED) is 0.792. The van der Waals surface area contributed by atoms with Crippen molar-refractivity contribution in [2.24, 2.45) is 5.73 Å². The first kappa shape index (κ1) is 17.2. The molecule has 1 unspecified atom stereocenters. The average molecular weight is 297 g/mol. The Hall–Kier alpha value is -0.860. The lowest BCUT2D eigenvalue weighted by Gasteiger charge is -2.41. The van der Waals surface area contributed by atoms with Crippen LogP contribution in [0.4, 0.5) is 13.2 Å². The van der Waals surface area contributed by atoms with E-state index in [0.717, 1.165) is 0 Å². The second-order valence-electron chi connectivity index (χ2n) is 5.79. The van der Waals surface area contributed by atoms with Gasteiger partial charge in [0.05, 0.1) is 13.2 Å². The van der Waals surface area contributed by atoms with Crippen LogP contribution in [0.1, 0.15) is 20.8 Å². The summed E-state index contributed by atoms with van der Waals surface area (Å²) in [5, 5.41) is 2.30. The van der Waals surface area contributed by atoms with E-state index in [-0.39, 0.29) is 6.54 Å². The normalized spacial score (nSPS) is 21.4. The third-order valence-electron chi connectivity index (χ3n) is 3.61. The fraction of sp³-hybridized carbons (Fsp3) is 0.917. The number of ether oxygens (including phenoxy) is 1. The van der Waals surface area contributed by atoms with E-state index in [0.29, 0.717) is 33.2 Å². The van der Waals surface area contributed by atoms with Gasteiger partial charge in [-0.3, -0.25) is 9.69 Å². The molecule has 20 heavy (non-hydrogen) atoms. The summed E-state index contributed by atoms with van der Waals surface area (Å²) in [6.45, 7) is 7.01. The highest BCUT2D eigenvalue weighted by Gasteiger charge is 2.54. The van der Waals surface area contributed by atoms with Crippen LogP contribution in [0.2, 0.25) is 0 Å². The van der Waals surface area contributed by atoms with Crippen molar-refractivity contribution in [2.45, 2.75) is 38.0 Å². The summed E-state index contributed by atoms with van der Waals surface area (Å²) in [6, 6.07) is 0. The molecule has 0 bridgehead atoms. The van der Waals surface area contributed by atoms with Crippen molar-refractivity contribution in [3.63, 3.8) is 0 Å². The van der Waals surface area contributed by atoms with Crippen LogP contribution in [0.25, 0.3) is 0 Å². The molecule has 1 aliphatic heterocycles. The second-order valence-corrected chi connectivity index (χ2v) is 5.79. The minimum Gasteiger partial charge on any atom is -0.379 e. The SMILES string of the molecule is CC(C)(CNC(=O)C(C)(N)C(F)(F)F)N1CCOCC1. The third kappa shape index (κ3) is 3.83. The Balaban J connectivity index is 2.59. The zero-order chi connectivity index (χ0) is 15.6. The number of alkyl halides is 3. The average Bonchev–Trinajstić information content (AvgIpc) is 2.35. The van der Waals surface area contributed by atoms with Gasteiger partial charge < -0.3 is 15.8 Å². The number of amides is 1. The highest BCUT2D eigenvalue weighted by Crippen LogP contribution is 2.28. The number of nitrogens with zero attached hydrogens (tertiary/aromatic N) is 1. The Kier molecular flexibility index (Phi) is 5.04. The van der Waals surface area contributed by atoms with Crippen LogP contribution in [-0.2, 0) is 9.53 Å². The first-order chi connectivity index (χ1) is 8.98. The fourth-order valence-electron chi connectivity index (χ4n) is 1.89. The molecule has 0 aromatic heterocycles. The van der Waals surface area contributed by atoms with Crippen LogP contribution in [-0.4, -0.2) is 60.9 Å². The molecule has 0 aromatic rings. The second kappa shape index (κ2) is 5.87. The number of carbonyl (C=O) groups excluding carboxylic acids is 1. The summed E-state index contributed by atoms with van der Waals surface area (Å²) in [4.78, 5) is 13.7. The predicted molar refractivity (Wildman–Crippen MR) is 68.1 cm³/mol. The minimum atomic E-state index is -4.78. The molecular weight excluding hydrogens is 275 g/mol. The van der Waals surface area contributed by atoms with Crippen molar-refractivity contribution < 1.29 is 22.7 Å². The lowest BCUT2D eigenvalue weighted by Crippen LogP contribution is -2.64. The maximum atomic E-state index is 12.6. The van der Waals surface area contributed by atoms with Crippen molar-refractivity contribution >= 4 is 5.91 Å². The van der Waals surface area contributed by atoms with Crippen molar-refractivity contribution in [1.29, 1.82) is 0 Å². The predicted octanol–water partition coefficient (Wildman–Crippen LogP) is 0.493. The lowest BCUT2D eigenvalue weighted by molar-refractivity contribution is -0.187. The fourth-order valence-corrected chi connectivity index (χ4v) is 1.89. The zero-order valence-corrected chi connectivity index (χ0v) is 12.0. The number of halogens is 3. The van der Waals surface area contributed by atoms with Crippen LogP contribution in [0, 0.1) is 0 Å². The van der Waals surface area contributed by atoms with Crippen LogP contribution >= 0.6 is 0 Å². The van der Waals surface area contributed by atoms with E-state index in [2.05, 4.69) is 10.2 Å². The van der Waals surface area contributed by atoms with E-state index >= 15 is 0 Å². The molecule has 0 aromatic carbocycles. The summed E-state index contributed by atoms with van der Waals surface area (Å²) in [5.74, 6) is -1.22. The van der Waals surface area contributed by atoms with Gasteiger partial charge in [-0.2, -0.15) is 13.2 Å². The molecular formula is C12H22F3N3O2. The molecule has 0 aliphatic carbocycles. The van der Waals surface area contributed by atoms with E-state index < -0.39 is 23.2 Å². The Bertz CT molecular complexity index is 350. The van der Waals surface area contributed by atoms with Crippen molar-refractivity contribution in [3.8, 4) is 0 Å². The van der Waals surface area contributed by atoms with Crippen LogP contribution in [0.3, 0.4) is 0 Å². The molecule has 0 spiro atoms. The molecule has 1 fully saturated rings. The van der Waals surface area contributed by atoms with Crippen molar-refractivity contribution in [2.75, 3.05) is 32.8 Å². The zero-order valence-electron chi connectivity index (χ0n) is 12.0. The number of hydrogen-bond acceptors (Lipinski definition) is 4. The smallest absolute Gasteiger partial charge is 0.379 e. The van der Waals surface area contributed by atoms with Crippen molar-refractivity contribution in [1.82, 2.24) is 10.2 Å². The standard InChI is InChI=1S/C12H22F3N3O2/c1-10(2,18-4-6-20-7-5-18)8-17-9(19)11(3,16)12(13,14)15/h4-8,16H2,1-3H3,(H,17,19). The van der Waals surface area contributed by atoms with Crippen LogP contribution in [0.5, 0.6) is 0 Å². The molecule has 118 valence electrons. The number of hydrogen-bond donors (Lipinski definition) is 2. The lowest BCUT2D eigenvalue weighted by atomic mass is 9.99. The topological polar surface area (TPSA) is 67.6 Å². The largest absolute Gasteiger partial charge is 0.415 e. The Morgan fingerprint density at radius 1 is 1.25 bits per heavy atom. The Morgan fingerprint density at radius 3 is 2.20 bits per heavy atom. The Morgan fingerprint density at radius 2 is 1.75 bits per heavy atom. The molecule has 3 N–H and O–H groups in total. The summed E-state index contributed by atoms with van der Waals surface area (Å²) in [5.41, 5.74) is 1.74. The molecule has 1 heterocycles. The van der Waals surface area contributed by atoms with Crippen LogP contribution in [0.15, 0.2) is 0 Å². The molecule has 1 atom stereocenters. The molecule has 8 heteroatoms.